The van der Waals surface area contributed by atoms with Crippen molar-refractivity contribution in [2.75, 3.05) is 0 Å². The van der Waals surface area contributed by atoms with Crippen molar-refractivity contribution >= 4 is 26.5 Å². The summed E-state index contributed by atoms with van der Waals surface area (Å²) in [5.41, 5.74) is 0. The molecule has 0 saturated carbocycles. The molecule has 0 aliphatic heterocycles. The second-order valence-electron chi connectivity index (χ2n) is 10.9. The molecule has 0 N–H and O–H groups in total. The van der Waals surface area contributed by atoms with E-state index in [9.17, 15) is 0 Å². The van der Waals surface area contributed by atoms with Gasteiger partial charge in [0.2, 0.25) is 0 Å². The minimum atomic E-state index is -0.240. The molecular weight excluding hydrogens is 326 g/mol. The van der Waals surface area contributed by atoms with E-state index in [2.05, 4.69) is 107 Å². The first-order valence-corrected chi connectivity index (χ1v) is 11.8. The highest BCUT2D eigenvalue weighted by molar-refractivity contribution is 7.70. The molecule has 1 rings (SSSR count). The number of rotatable bonds is 2. The Hall–Kier alpha value is 0.0800. The number of hydrogen-bond donors (Lipinski definition) is 0. The van der Waals surface area contributed by atoms with Crippen molar-refractivity contribution in [3.63, 3.8) is 0 Å². The molecule has 0 radical (unpaired) electrons. The first kappa shape index (κ1) is 22.1. The summed E-state index contributed by atoms with van der Waals surface area (Å²) in [6, 6.07) is 9.63. The maximum absolute atomic E-state index is 2.56. The highest BCUT2D eigenvalue weighted by Crippen LogP contribution is 2.60. The zero-order chi connectivity index (χ0) is 19.1. The molecule has 0 aliphatic rings. The lowest BCUT2D eigenvalue weighted by molar-refractivity contribution is 0.714. The topological polar surface area (TPSA) is 0 Å². The van der Waals surface area contributed by atoms with E-state index in [0.717, 1.165) is 0 Å². The molecule has 0 fully saturated rings. The van der Waals surface area contributed by atoms with Crippen LogP contribution >= 0.6 is 15.8 Å². The molecule has 0 unspecified atom stereocenters. The van der Waals surface area contributed by atoms with Gasteiger partial charge in [0.05, 0.1) is 0 Å². The first-order valence-electron chi connectivity index (χ1n) is 9.16. The van der Waals surface area contributed by atoms with Gasteiger partial charge in [-0.2, -0.15) is 0 Å². The molecular formula is C22H40P2. The van der Waals surface area contributed by atoms with Crippen LogP contribution in [0.4, 0.5) is 0 Å². The maximum atomic E-state index is 2.56. The van der Waals surface area contributed by atoms with E-state index in [1.54, 1.807) is 10.6 Å². The summed E-state index contributed by atoms with van der Waals surface area (Å²) in [4.78, 5) is 0. The van der Waals surface area contributed by atoms with E-state index in [-0.39, 0.29) is 15.8 Å². The molecule has 0 bridgehead atoms. The van der Waals surface area contributed by atoms with Crippen LogP contribution in [0, 0.1) is 0 Å². The Labute approximate surface area is 154 Å². The van der Waals surface area contributed by atoms with Gasteiger partial charge in [-0.15, -0.1) is 0 Å². The Balaban J connectivity index is 3.51. The van der Waals surface area contributed by atoms with Crippen LogP contribution in [0.2, 0.25) is 0 Å². The Morgan fingerprint density at radius 3 is 0.958 bits per heavy atom. The molecule has 0 nitrogen and oxygen atoms in total. The first-order chi connectivity index (χ1) is 10.5. The van der Waals surface area contributed by atoms with Gasteiger partial charge >= 0.3 is 0 Å². The molecule has 138 valence electrons. The molecule has 0 aromatic heterocycles. The van der Waals surface area contributed by atoms with E-state index >= 15 is 0 Å². The molecule has 0 saturated heterocycles. The van der Waals surface area contributed by atoms with E-state index in [1.807, 2.05) is 0 Å². The fraction of sp³-hybridized carbons (Fsp3) is 0.727. The highest BCUT2D eigenvalue weighted by Gasteiger charge is 2.38. The molecule has 1 aromatic carbocycles. The number of hydrogen-bond acceptors (Lipinski definition) is 0. The summed E-state index contributed by atoms with van der Waals surface area (Å²) in [5, 5.41) is 4.42. The van der Waals surface area contributed by atoms with Crippen LogP contribution in [0.15, 0.2) is 24.3 Å². The lowest BCUT2D eigenvalue weighted by atomic mass is 10.2. The second kappa shape index (κ2) is 7.00. The third-order valence-electron chi connectivity index (χ3n) is 4.03. The quantitative estimate of drug-likeness (QED) is 0.490. The van der Waals surface area contributed by atoms with Crippen molar-refractivity contribution in [3.05, 3.63) is 24.3 Å². The Bertz CT molecular complexity index is 470. The Kier molecular flexibility index (Phi) is 6.46. The van der Waals surface area contributed by atoms with Crippen molar-refractivity contribution in [3.8, 4) is 0 Å². The van der Waals surface area contributed by atoms with Crippen molar-refractivity contribution in [2.24, 2.45) is 0 Å². The van der Waals surface area contributed by atoms with Gasteiger partial charge in [-0.05, 0) is 37.3 Å². The zero-order valence-corrected chi connectivity index (χ0v) is 20.0. The van der Waals surface area contributed by atoms with E-state index in [0.29, 0.717) is 20.6 Å². The van der Waals surface area contributed by atoms with Gasteiger partial charge in [-0.3, -0.25) is 0 Å². The summed E-state index contributed by atoms with van der Waals surface area (Å²) >= 11 is 0. The van der Waals surface area contributed by atoms with Gasteiger partial charge < -0.3 is 0 Å². The van der Waals surface area contributed by atoms with Crippen molar-refractivity contribution in [1.82, 2.24) is 0 Å². The summed E-state index contributed by atoms with van der Waals surface area (Å²) in [7, 11) is -0.480. The molecule has 1 aromatic rings. The largest absolute Gasteiger partial charge is 0.0643 e. The summed E-state index contributed by atoms with van der Waals surface area (Å²) < 4.78 is 0. The molecule has 0 spiro atoms. The summed E-state index contributed by atoms with van der Waals surface area (Å²) in [6.07, 6.45) is 0. The minimum absolute atomic E-state index is 0.240. The van der Waals surface area contributed by atoms with E-state index in [4.69, 9.17) is 0 Å². The fourth-order valence-electron chi connectivity index (χ4n) is 4.33. The van der Waals surface area contributed by atoms with Gasteiger partial charge in [0, 0.05) is 0 Å². The van der Waals surface area contributed by atoms with Crippen LogP contribution in [0.3, 0.4) is 0 Å². The molecule has 2 heteroatoms. The third kappa shape index (κ3) is 5.54. The minimum Gasteiger partial charge on any atom is -0.0643 e. The van der Waals surface area contributed by atoms with Crippen LogP contribution in [0.1, 0.15) is 83.1 Å². The second-order valence-corrected chi connectivity index (χ2v) is 18.6. The van der Waals surface area contributed by atoms with Gasteiger partial charge in [-0.25, -0.2) is 0 Å². The maximum Gasteiger partial charge on any atom is -0.0134 e. The number of benzene rings is 1. The average Bonchev–Trinajstić information content (AvgIpc) is 2.20. The fourth-order valence-corrected chi connectivity index (χ4v) is 12.6. The predicted octanol–water partition coefficient (Wildman–Crippen LogP) is 7.10. The third-order valence-corrected chi connectivity index (χ3v) is 11.0. The monoisotopic (exact) mass is 366 g/mol. The van der Waals surface area contributed by atoms with Gasteiger partial charge in [0.1, 0.15) is 0 Å². The van der Waals surface area contributed by atoms with E-state index in [1.165, 1.54) is 0 Å². The Morgan fingerprint density at radius 2 is 0.750 bits per heavy atom. The zero-order valence-electron chi connectivity index (χ0n) is 18.2. The molecule has 0 heterocycles. The molecule has 0 atom stereocenters. The van der Waals surface area contributed by atoms with Gasteiger partial charge in [0.25, 0.3) is 0 Å². The van der Waals surface area contributed by atoms with Gasteiger partial charge in [-0.1, -0.05) is 117 Å². The van der Waals surface area contributed by atoms with Crippen LogP contribution in [-0.4, -0.2) is 20.6 Å². The van der Waals surface area contributed by atoms with Crippen LogP contribution in [0.25, 0.3) is 0 Å². The molecule has 0 aliphatic carbocycles. The van der Waals surface area contributed by atoms with Crippen molar-refractivity contribution in [1.29, 1.82) is 0 Å². The standard InChI is InChI=1S/C22H40P2/c1-19(2,3)23(20(4,5)6)17-14-13-15-18(16-17)24(21(7,8)9)22(10,11)12/h13-16H,1-12H3. The smallest absolute Gasteiger partial charge is 0.0134 e. The predicted molar refractivity (Wildman–Crippen MR) is 119 cm³/mol. The normalized spacial score (nSPS) is 14.6. The Morgan fingerprint density at radius 1 is 0.500 bits per heavy atom. The molecule has 0 amide bonds. The lowest BCUT2D eigenvalue weighted by Gasteiger charge is -2.44. The molecule has 24 heavy (non-hydrogen) atoms. The highest BCUT2D eigenvalue weighted by atomic mass is 31.1. The average molecular weight is 367 g/mol. The summed E-state index contributed by atoms with van der Waals surface area (Å²) in [6.45, 7) is 28.9. The van der Waals surface area contributed by atoms with Crippen LogP contribution in [0.5, 0.6) is 0 Å². The van der Waals surface area contributed by atoms with Crippen molar-refractivity contribution in [2.45, 2.75) is 104 Å². The van der Waals surface area contributed by atoms with Crippen molar-refractivity contribution < 1.29 is 0 Å². The van der Waals surface area contributed by atoms with Crippen LogP contribution in [-0.2, 0) is 0 Å². The lowest BCUT2D eigenvalue weighted by Crippen LogP contribution is -2.34. The van der Waals surface area contributed by atoms with Gasteiger partial charge in [0.15, 0.2) is 0 Å². The van der Waals surface area contributed by atoms with E-state index < -0.39 is 0 Å². The summed E-state index contributed by atoms with van der Waals surface area (Å²) in [5.74, 6) is 0. The SMILES string of the molecule is CC(C)(C)P(c1cccc(P(C(C)(C)C)C(C)(C)C)c1)C(C)(C)C. The van der Waals surface area contributed by atoms with Crippen LogP contribution < -0.4 is 10.6 Å².